The molecular weight excluding hydrogens is 534 g/mol. The monoisotopic (exact) mass is 571 g/mol. The predicted octanol–water partition coefficient (Wildman–Crippen LogP) is 2.94. The number of carbonyl (C=O) groups is 5. The largest absolute Gasteiger partial charge is 0.534 e. The lowest BCUT2D eigenvalue weighted by atomic mass is 9.46. The number of hydroxylamine groups is 2. The molecule has 11 nitrogen and oxygen atoms in total. The standard InChI is InChI=1S/C30H37NO10/c1-4-5-25-39-22-13-19-18-7-6-16-12-17(32)10-11-28(16,2)26(18)20(33)14-29(19,3)30(22,40-25)21(34)15-38-27(37)41-31-23(35)8-9-24(31)36/h10-12,18-20,22,25-26,33H,4-9,13-15H2,1-3H3/t18-,19?,20-,22+,25?,26+,28-,29-,30+/m0/s1. The van der Waals surface area contributed by atoms with Crippen LogP contribution in [-0.4, -0.2) is 70.4 Å². The van der Waals surface area contributed by atoms with E-state index in [-0.39, 0.29) is 42.8 Å². The summed E-state index contributed by atoms with van der Waals surface area (Å²) >= 11 is 0. The van der Waals surface area contributed by atoms with Crippen LogP contribution in [0.1, 0.15) is 72.1 Å². The predicted molar refractivity (Wildman–Crippen MR) is 139 cm³/mol. The van der Waals surface area contributed by atoms with Crippen molar-refractivity contribution in [2.45, 2.75) is 96.2 Å². The third-order valence-corrected chi connectivity index (χ3v) is 10.7. The number of ketones is 2. The van der Waals surface area contributed by atoms with E-state index in [0.29, 0.717) is 17.9 Å². The third kappa shape index (κ3) is 4.06. The van der Waals surface area contributed by atoms with Crippen LogP contribution in [0.3, 0.4) is 0 Å². The van der Waals surface area contributed by atoms with Crippen molar-refractivity contribution in [3.63, 3.8) is 0 Å². The van der Waals surface area contributed by atoms with E-state index in [9.17, 15) is 29.1 Å². The number of hydrogen-bond donors (Lipinski definition) is 1. The summed E-state index contributed by atoms with van der Waals surface area (Å²) in [7, 11) is 0. The van der Waals surface area contributed by atoms with Gasteiger partial charge in [-0.3, -0.25) is 24.0 Å². The number of aliphatic hydroxyl groups excluding tert-OH is 1. The maximum absolute atomic E-state index is 14.1. The van der Waals surface area contributed by atoms with Gasteiger partial charge in [-0.15, -0.1) is 0 Å². The Morgan fingerprint density at radius 1 is 1.15 bits per heavy atom. The van der Waals surface area contributed by atoms with E-state index in [1.165, 1.54) is 0 Å². The lowest BCUT2D eigenvalue weighted by Gasteiger charge is -2.59. The Labute approximate surface area is 238 Å². The molecule has 2 heterocycles. The van der Waals surface area contributed by atoms with Crippen LogP contribution in [0.5, 0.6) is 0 Å². The van der Waals surface area contributed by atoms with E-state index < -0.39 is 65.3 Å². The molecule has 222 valence electrons. The molecule has 9 atom stereocenters. The van der Waals surface area contributed by atoms with Gasteiger partial charge in [0.15, 0.2) is 24.3 Å². The molecule has 2 saturated heterocycles. The molecular formula is C30H37NO10. The van der Waals surface area contributed by atoms with Gasteiger partial charge in [0.25, 0.3) is 11.8 Å². The zero-order valence-electron chi connectivity index (χ0n) is 23.6. The SMILES string of the molecule is CCCC1O[C@@H]2CC3[C@@H]4CCC5=CC(=O)C=C[C@]5(C)[C@H]4[C@@H](O)C[C@]3(C)[C@]2(C(=O)COC(=O)ON2C(=O)CCC2=O)O1. The molecule has 0 radical (unpaired) electrons. The van der Waals surface area contributed by atoms with Crippen molar-refractivity contribution in [1.29, 1.82) is 0 Å². The average molecular weight is 572 g/mol. The number of imide groups is 1. The van der Waals surface area contributed by atoms with Crippen LogP contribution in [0.25, 0.3) is 0 Å². The van der Waals surface area contributed by atoms with Gasteiger partial charge in [-0.05, 0) is 56.1 Å². The van der Waals surface area contributed by atoms with Crippen molar-refractivity contribution < 1.29 is 48.1 Å². The number of carbonyl (C=O) groups excluding carboxylic acids is 5. The number of amides is 2. The van der Waals surface area contributed by atoms with Gasteiger partial charge < -0.3 is 19.3 Å². The highest BCUT2D eigenvalue weighted by molar-refractivity contribution is 6.02. The molecule has 1 N–H and O–H groups in total. The minimum atomic E-state index is -1.46. The normalized spacial score (nSPS) is 42.8. The third-order valence-electron chi connectivity index (χ3n) is 10.7. The number of nitrogens with zero attached hydrogens (tertiary/aromatic N) is 1. The first-order chi connectivity index (χ1) is 19.4. The fraction of sp³-hybridized carbons (Fsp3) is 0.700. The Bertz CT molecular complexity index is 1240. The Morgan fingerprint density at radius 2 is 1.88 bits per heavy atom. The van der Waals surface area contributed by atoms with E-state index in [1.54, 1.807) is 12.2 Å². The summed E-state index contributed by atoms with van der Waals surface area (Å²) in [6.07, 6.45) is 5.44. The lowest BCUT2D eigenvalue weighted by molar-refractivity contribution is -0.201. The van der Waals surface area contributed by atoms with Crippen LogP contribution < -0.4 is 0 Å². The van der Waals surface area contributed by atoms with Gasteiger partial charge in [0.2, 0.25) is 5.78 Å². The van der Waals surface area contributed by atoms with Crippen molar-refractivity contribution in [3.05, 3.63) is 23.8 Å². The molecule has 0 bridgehead atoms. The van der Waals surface area contributed by atoms with Gasteiger partial charge in [-0.25, -0.2) is 4.79 Å². The van der Waals surface area contributed by atoms with Crippen molar-refractivity contribution >= 4 is 29.5 Å². The molecule has 4 aliphatic carbocycles. The highest BCUT2D eigenvalue weighted by Crippen LogP contribution is 2.69. The molecule has 2 aliphatic heterocycles. The number of allylic oxidation sites excluding steroid dienone is 4. The second-order valence-corrected chi connectivity index (χ2v) is 12.8. The van der Waals surface area contributed by atoms with E-state index in [2.05, 4.69) is 6.92 Å². The molecule has 6 rings (SSSR count). The molecule has 0 aromatic carbocycles. The molecule has 3 saturated carbocycles. The Kier molecular flexibility index (Phi) is 6.78. The summed E-state index contributed by atoms with van der Waals surface area (Å²) in [4.78, 5) is 67.0. The zero-order chi connectivity index (χ0) is 29.3. The fourth-order valence-electron chi connectivity index (χ4n) is 9.00. The lowest BCUT2D eigenvalue weighted by Crippen LogP contribution is -2.63. The van der Waals surface area contributed by atoms with E-state index in [1.807, 2.05) is 19.9 Å². The zero-order valence-corrected chi connectivity index (χ0v) is 23.6. The smallest absolute Gasteiger partial charge is 0.425 e. The number of Topliss-reactive ketones (excluding diaryl/α,β-unsaturated/α-hetero) is 1. The van der Waals surface area contributed by atoms with Crippen LogP contribution in [0, 0.1) is 28.6 Å². The molecule has 5 fully saturated rings. The maximum atomic E-state index is 14.1. The van der Waals surface area contributed by atoms with Gasteiger partial charge in [0.1, 0.15) is 0 Å². The van der Waals surface area contributed by atoms with Crippen molar-refractivity contribution in [1.82, 2.24) is 5.06 Å². The summed E-state index contributed by atoms with van der Waals surface area (Å²) in [6, 6.07) is 0. The molecule has 2 unspecified atom stereocenters. The maximum Gasteiger partial charge on any atom is 0.534 e. The van der Waals surface area contributed by atoms with E-state index in [4.69, 9.17) is 19.0 Å². The molecule has 41 heavy (non-hydrogen) atoms. The van der Waals surface area contributed by atoms with Crippen LogP contribution in [0.15, 0.2) is 23.8 Å². The first-order valence-corrected chi connectivity index (χ1v) is 14.6. The van der Waals surface area contributed by atoms with Crippen LogP contribution in [-0.2, 0) is 38.2 Å². The second kappa shape index (κ2) is 9.84. The summed E-state index contributed by atoms with van der Waals surface area (Å²) in [5.41, 5.74) is -1.71. The molecule has 0 aromatic rings. The van der Waals surface area contributed by atoms with E-state index >= 15 is 0 Å². The van der Waals surface area contributed by atoms with Gasteiger partial charge in [-0.1, -0.05) is 43.9 Å². The second-order valence-electron chi connectivity index (χ2n) is 12.8. The topological polar surface area (TPSA) is 146 Å². The minimum Gasteiger partial charge on any atom is -0.425 e. The summed E-state index contributed by atoms with van der Waals surface area (Å²) in [5, 5.41) is 12.1. The quantitative estimate of drug-likeness (QED) is 0.373. The van der Waals surface area contributed by atoms with Gasteiger partial charge in [-0.2, -0.15) is 0 Å². The first-order valence-electron chi connectivity index (χ1n) is 14.6. The fourth-order valence-corrected chi connectivity index (χ4v) is 9.00. The minimum absolute atomic E-state index is 0.0244. The number of hydrogen-bond acceptors (Lipinski definition) is 10. The molecule has 6 aliphatic rings. The highest BCUT2D eigenvalue weighted by atomic mass is 16.8. The summed E-state index contributed by atoms with van der Waals surface area (Å²) in [6.45, 7) is 5.35. The summed E-state index contributed by atoms with van der Waals surface area (Å²) < 4.78 is 18.0. The average Bonchev–Trinajstić information content (AvgIpc) is 3.52. The summed E-state index contributed by atoms with van der Waals surface area (Å²) in [5.74, 6) is -1.95. The number of fused-ring (bicyclic) bond motifs is 7. The Balaban J connectivity index is 1.27. The Hall–Kier alpha value is -2.89. The molecule has 0 spiro atoms. The van der Waals surface area contributed by atoms with Crippen molar-refractivity contribution in [2.24, 2.45) is 28.6 Å². The number of rotatable bonds is 6. The van der Waals surface area contributed by atoms with E-state index in [0.717, 1.165) is 24.8 Å². The van der Waals surface area contributed by atoms with Gasteiger partial charge in [0, 0.05) is 29.6 Å². The van der Waals surface area contributed by atoms with Crippen LogP contribution >= 0.6 is 0 Å². The number of ether oxygens (including phenoxy) is 3. The molecule has 0 aromatic heterocycles. The van der Waals surface area contributed by atoms with Crippen molar-refractivity contribution in [3.8, 4) is 0 Å². The van der Waals surface area contributed by atoms with Crippen LogP contribution in [0.4, 0.5) is 4.79 Å². The van der Waals surface area contributed by atoms with Gasteiger partial charge >= 0.3 is 6.16 Å². The van der Waals surface area contributed by atoms with Gasteiger partial charge in [0.05, 0.1) is 12.2 Å². The highest BCUT2D eigenvalue weighted by Gasteiger charge is 2.75. The molecule has 2 amide bonds. The Morgan fingerprint density at radius 3 is 2.59 bits per heavy atom. The van der Waals surface area contributed by atoms with Crippen LogP contribution in [0.2, 0.25) is 0 Å². The van der Waals surface area contributed by atoms with Crippen molar-refractivity contribution in [2.75, 3.05) is 6.61 Å². The number of aliphatic hydroxyl groups is 1. The first kappa shape index (κ1) is 28.2. The molecule has 11 heteroatoms.